The zero-order chi connectivity index (χ0) is 26.7. The fourth-order valence-electron chi connectivity index (χ4n) is 4.60. The molecule has 0 radical (unpaired) electrons. The third-order valence-electron chi connectivity index (χ3n) is 6.56. The van der Waals surface area contributed by atoms with E-state index in [9.17, 15) is 4.39 Å². The number of benzene rings is 1. The Hall–Kier alpha value is -3.40. The van der Waals surface area contributed by atoms with Crippen molar-refractivity contribution in [3.05, 3.63) is 71.5 Å². The number of hydrogen-bond donors (Lipinski definition) is 0. The van der Waals surface area contributed by atoms with E-state index in [2.05, 4.69) is 55.6 Å². The number of anilines is 1. The van der Waals surface area contributed by atoms with Crippen molar-refractivity contribution in [2.45, 2.75) is 57.7 Å². The van der Waals surface area contributed by atoms with E-state index in [1.54, 1.807) is 18.2 Å². The number of ether oxygens (including phenoxy) is 1. The van der Waals surface area contributed by atoms with Crippen LogP contribution in [0.3, 0.4) is 0 Å². The third kappa shape index (κ3) is 6.35. The highest BCUT2D eigenvalue weighted by Crippen LogP contribution is 2.27. The summed E-state index contributed by atoms with van der Waals surface area (Å²) >= 11 is 1.97. The van der Waals surface area contributed by atoms with E-state index >= 15 is 0 Å². The summed E-state index contributed by atoms with van der Waals surface area (Å²) in [6.45, 7) is 7.43. The Morgan fingerprint density at radius 2 is 1.95 bits per heavy atom. The Morgan fingerprint density at radius 3 is 2.71 bits per heavy atom. The maximum Gasteiger partial charge on any atom is 0.297 e. The molecule has 2 aromatic heterocycles. The van der Waals surface area contributed by atoms with Crippen molar-refractivity contribution in [1.82, 2.24) is 24.9 Å². The van der Waals surface area contributed by atoms with Gasteiger partial charge in [-0.2, -0.15) is 21.1 Å². The Bertz CT molecular complexity index is 1360. The number of piperidine rings is 1. The second-order valence-corrected chi connectivity index (χ2v) is 11.1. The number of hydrogen-bond acceptors (Lipinski definition) is 8. The molecule has 1 aliphatic carbocycles. The average Bonchev–Trinajstić information content (AvgIpc) is 3.45. The number of alkyl halides is 1. The molecule has 1 fully saturated rings. The molecule has 38 heavy (non-hydrogen) atoms. The minimum absolute atomic E-state index is 0.250. The summed E-state index contributed by atoms with van der Waals surface area (Å²) in [5.41, 5.74) is 3.17. The lowest BCUT2D eigenvalue weighted by atomic mass is 10.1. The molecule has 200 valence electrons. The van der Waals surface area contributed by atoms with Crippen LogP contribution in [0, 0.1) is 6.92 Å². The monoisotopic (exact) mass is 536 g/mol. The number of halogens is 1. The van der Waals surface area contributed by atoms with Crippen molar-refractivity contribution in [2.75, 3.05) is 24.2 Å². The smallest absolute Gasteiger partial charge is 0.297 e. The maximum absolute atomic E-state index is 13.8. The van der Waals surface area contributed by atoms with Crippen LogP contribution in [0.4, 0.5) is 10.1 Å². The van der Waals surface area contributed by atoms with Crippen molar-refractivity contribution in [3.8, 4) is 11.7 Å². The summed E-state index contributed by atoms with van der Waals surface area (Å²) in [7, 11) is 0. The number of aryl methyl sites for hydroxylation is 1. The molecule has 0 amide bonds. The first kappa shape index (κ1) is 26.2. The van der Waals surface area contributed by atoms with E-state index in [-0.39, 0.29) is 5.89 Å². The van der Waals surface area contributed by atoms with Crippen LogP contribution < -0.4 is 4.90 Å². The standard InChI is InChI=1S/C28H33FN6O2S/c1-19-30-26(27-31-25(33-37-27)21-8-6-10-23(12-11-21)36-28(2,3)29)32-35(19)18-20-7-5-9-22(17-20)34-15-13-24(38-4)14-16-34/h5,7-12,17,24H,6,13-16,18H2,1-4H3. The highest BCUT2D eigenvalue weighted by Gasteiger charge is 2.21. The second-order valence-electron chi connectivity index (χ2n) is 9.96. The summed E-state index contributed by atoms with van der Waals surface area (Å²) in [4.78, 5) is 11.6. The lowest BCUT2D eigenvalue weighted by Crippen LogP contribution is -2.34. The summed E-state index contributed by atoms with van der Waals surface area (Å²) in [5.74, 6) is 0.513. The molecule has 8 nitrogen and oxygen atoms in total. The molecule has 2 aliphatic rings. The largest absolute Gasteiger partial charge is 0.459 e. The van der Waals surface area contributed by atoms with E-state index in [0.29, 0.717) is 30.4 Å². The van der Waals surface area contributed by atoms with Gasteiger partial charge in [0.05, 0.1) is 6.54 Å². The molecule has 5 rings (SSSR count). The van der Waals surface area contributed by atoms with E-state index < -0.39 is 5.85 Å². The van der Waals surface area contributed by atoms with Crippen molar-refractivity contribution in [2.24, 2.45) is 0 Å². The highest BCUT2D eigenvalue weighted by atomic mass is 32.2. The molecule has 0 bridgehead atoms. The predicted octanol–water partition coefficient (Wildman–Crippen LogP) is 5.97. The zero-order valence-electron chi connectivity index (χ0n) is 22.2. The van der Waals surface area contributed by atoms with Gasteiger partial charge in [0.1, 0.15) is 11.6 Å². The molecule has 10 heteroatoms. The fourth-order valence-corrected chi connectivity index (χ4v) is 5.28. The van der Waals surface area contributed by atoms with Gasteiger partial charge >= 0.3 is 0 Å². The van der Waals surface area contributed by atoms with Gasteiger partial charge in [0.15, 0.2) is 0 Å². The fraction of sp³-hybridized carbons (Fsp3) is 0.429. The van der Waals surface area contributed by atoms with Crippen LogP contribution in [-0.4, -0.2) is 55.4 Å². The van der Waals surface area contributed by atoms with E-state index in [1.165, 1.54) is 32.4 Å². The van der Waals surface area contributed by atoms with Crippen LogP contribution in [0.2, 0.25) is 0 Å². The molecule has 0 N–H and O–H groups in total. The van der Waals surface area contributed by atoms with Gasteiger partial charge < -0.3 is 14.2 Å². The molecule has 0 atom stereocenters. The number of thioether (sulfide) groups is 1. The molecule has 1 aromatic carbocycles. The predicted molar refractivity (Wildman–Crippen MR) is 148 cm³/mol. The molecule has 0 saturated carbocycles. The lowest BCUT2D eigenvalue weighted by molar-refractivity contribution is -0.0744. The SMILES string of the molecule is CSC1CCN(c2cccc(Cn3nc(-c4nc(C5=CCC=C(OC(C)(C)F)C=C5)no4)nc3C)c2)CC1. The van der Waals surface area contributed by atoms with Crippen LogP contribution in [-0.2, 0) is 11.3 Å². The van der Waals surface area contributed by atoms with Gasteiger partial charge in [-0.15, -0.1) is 5.10 Å². The van der Waals surface area contributed by atoms with E-state index in [4.69, 9.17) is 9.26 Å². The minimum atomic E-state index is -1.76. The normalized spacial score (nSPS) is 16.8. The molecule has 0 unspecified atom stereocenters. The van der Waals surface area contributed by atoms with Crippen molar-refractivity contribution in [3.63, 3.8) is 0 Å². The van der Waals surface area contributed by atoms with Crippen LogP contribution >= 0.6 is 11.8 Å². The van der Waals surface area contributed by atoms with Crippen LogP contribution in [0.1, 0.15) is 50.3 Å². The van der Waals surface area contributed by atoms with Gasteiger partial charge in [0, 0.05) is 43.4 Å². The van der Waals surface area contributed by atoms with Crippen LogP contribution in [0.15, 0.2) is 58.9 Å². The first-order valence-corrected chi connectivity index (χ1v) is 14.1. The van der Waals surface area contributed by atoms with Gasteiger partial charge in [-0.05, 0) is 68.4 Å². The topological polar surface area (TPSA) is 82.1 Å². The van der Waals surface area contributed by atoms with Gasteiger partial charge in [-0.1, -0.05) is 23.4 Å². The number of nitrogens with zero attached hydrogens (tertiary/aromatic N) is 6. The van der Waals surface area contributed by atoms with Gasteiger partial charge in [0.25, 0.3) is 5.89 Å². The Morgan fingerprint density at radius 1 is 1.13 bits per heavy atom. The van der Waals surface area contributed by atoms with Crippen molar-refractivity contribution in [1.29, 1.82) is 0 Å². The van der Waals surface area contributed by atoms with E-state index in [1.807, 2.05) is 29.4 Å². The number of allylic oxidation sites excluding steroid dienone is 5. The maximum atomic E-state index is 13.8. The Balaban J connectivity index is 1.27. The number of rotatable bonds is 8. The first-order valence-electron chi connectivity index (χ1n) is 12.9. The van der Waals surface area contributed by atoms with Crippen molar-refractivity contribution >= 4 is 23.0 Å². The summed E-state index contributed by atoms with van der Waals surface area (Å²) in [6.07, 6.45) is 12.4. The van der Waals surface area contributed by atoms with Crippen LogP contribution in [0.5, 0.6) is 0 Å². The van der Waals surface area contributed by atoms with Crippen molar-refractivity contribution < 1.29 is 13.7 Å². The average molecular weight is 537 g/mol. The van der Waals surface area contributed by atoms with E-state index in [0.717, 1.165) is 35.3 Å². The first-order chi connectivity index (χ1) is 18.3. The minimum Gasteiger partial charge on any atom is -0.459 e. The molecular weight excluding hydrogens is 503 g/mol. The summed E-state index contributed by atoms with van der Waals surface area (Å²) in [5, 5.41) is 9.53. The quantitative estimate of drug-likeness (QED) is 0.349. The van der Waals surface area contributed by atoms with Gasteiger partial charge in [-0.25, -0.2) is 9.67 Å². The van der Waals surface area contributed by atoms with Crippen LogP contribution in [0.25, 0.3) is 17.3 Å². The lowest BCUT2D eigenvalue weighted by Gasteiger charge is -2.33. The third-order valence-corrected chi connectivity index (χ3v) is 7.70. The second kappa shape index (κ2) is 11.1. The molecule has 3 heterocycles. The number of aromatic nitrogens is 5. The summed E-state index contributed by atoms with van der Waals surface area (Å²) in [6, 6.07) is 8.65. The highest BCUT2D eigenvalue weighted by molar-refractivity contribution is 7.99. The molecule has 1 aliphatic heterocycles. The zero-order valence-corrected chi connectivity index (χ0v) is 23.0. The Labute approximate surface area is 226 Å². The molecule has 1 saturated heterocycles. The molecule has 3 aromatic rings. The van der Waals surface area contributed by atoms with Gasteiger partial charge in [-0.3, -0.25) is 0 Å². The summed E-state index contributed by atoms with van der Waals surface area (Å²) < 4.78 is 26.5. The molecule has 0 spiro atoms. The van der Waals surface area contributed by atoms with Gasteiger partial charge in [0.2, 0.25) is 17.5 Å². The molecular formula is C28H33FN6O2S. The Kier molecular flexibility index (Phi) is 7.69.